The molecule has 1 aromatic rings. The molecular weight excluding hydrogens is 228 g/mol. The summed E-state index contributed by atoms with van der Waals surface area (Å²) in [5.41, 5.74) is -0.727. The van der Waals surface area contributed by atoms with Gasteiger partial charge in [-0.3, -0.25) is 0 Å². The van der Waals surface area contributed by atoms with Crippen molar-refractivity contribution >= 4 is 11.6 Å². The Bertz CT molecular complexity index is 397. The second-order valence-corrected chi connectivity index (χ2v) is 4.35. The molecule has 4 nitrogen and oxygen atoms in total. The molecule has 0 saturated heterocycles. The van der Waals surface area contributed by atoms with Gasteiger partial charge < -0.3 is 15.7 Å². The van der Waals surface area contributed by atoms with Crippen LogP contribution in [0.3, 0.4) is 0 Å². The van der Waals surface area contributed by atoms with E-state index in [4.69, 9.17) is 5.11 Å². The smallest absolute Gasteiger partial charge is 0.168 e. The molecule has 17 heavy (non-hydrogen) atoms. The normalized spacial score (nSPS) is 11.4. The highest BCUT2D eigenvalue weighted by Crippen LogP contribution is 2.21. The van der Waals surface area contributed by atoms with E-state index in [1.54, 1.807) is 20.8 Å². The molecule has 0 spiro atoms. The Kier molecular flexibility index (Phi) is 4.22. The van der Waals surface area contributed by atoms with E-state index in [-0.39, 0.29) is 18.2 Å². The summed E-state index contributed by atoms with van der Waals surface area (Å²) < 4.78 is 26.8. The molecule has 0 aliphatic carbocycles. The van der Waals surface area contributed by atoms with E-state index in [0.29, 0.717) is 6.54 Å². The second kappa shape index (κ2) is 5.27. The molecule has 0 amide bonds. The van der Waals surface area contributed by atoms with E-state index in [1.807, 2.05) is 0 Å². The average Bonchev–Trinajstić information content (AvgIpc) is 2.25. The number of nitrogens with zero attached hydrogens (tertiary/aromatic N) is 1. The minimum absolute atomic E-state index is 0.00913. The molecule has 0 saturated carbocycles. The number of aromatic nitrogens is 1. The number of rotatable bonds is 5. The first kappa shape index (κ1) is 13.6. The van der Waals surface area contributed by atoms with Gasteiger partial charge in [0.05, 0.1) is 12.1 Å². The largest absolute Gasteiger partial charge is 0.394 e. The lowest BCUT2D eigenvalue weighted by atomic mass is 10.1. The van der Waals surface area contributed by atoms with Gasteiger partial charge in [-0.1, -0.05) is 0 Å². The van der Waals surface area contributed by atoms with Crippen molar-refractivity contribution in [3.8, 4) is 0 Å². The third-order valence-electron chi connectivity index (χ3n) is 2.13. The van der Waals surface area contributed by atoms with Crippen LogP contribution < -0.4 is 10.6 Å². The molecule has 96 valence electrons. The van der Waals surface area contributed by atoms with Crippen molar-refractivity contribution in [2.24, 2.45) is 0 Å². The minimum atomic E-state index is -0.786. The highest BCUT2D eigenvalue weighted by Gasteiger charge is 2.20. The molecule has 3 N–H and O–H groups in total. The predicted molar refractivity (Wildman–Crippen MR) is 63.1 cm³/mol. The topological polar surface area (TPSA) is 57.2 Å². The van der Waals surface area contributed by atoms with Crippen molar-refractivity contribution in [2.75, 3.05) is 23.8 Å². The van der Waals surface area contributed by atoms with Crippen LogP contribution in [0.1, 0.15) is 20.8 Å². The van der Waals surface area contributed by atoms with Gasteiger partial charge in [0, 0.05) is 12.6 Å². The van der Waals surface area contributed by atoms with Crippen LogP contribution in [0.25, 0.3) is 0 Å². The summed E-state index contributed by atoms with van der Waals surface area (Å²) in [6, 6.07) is 0.765. The molecule has 0 aromatic carbocycles. The number of anilines is 2. The average molecular weight is 245 g/mol. The predicted octanol–water partition coefficient (Wildman–Crippen LogP) is 1.97. The van der Waals surface area contributed by atoms with E-state index in [9.17, 15) is 8.78 Å². The van der Waals surface area contributed by atoms with Crippen LogP contribution in [0, 0.1) is 11.6 Å². The summed E-state index contributed by atoms with van der Waals surface area (Å²) in [6.07, 6.45) is 0. The van der Waals surface area contributed by atoms with Crippen molar-refractivity contribution in [3.63, 3.8) is 0 Å². The van der Waals surface area contributed by atoms with Crippen LogP contribution in [0.2, 0.25) is 0 Å². The first-order chi connectivity index (χ1) is 7.89. The van der Waals surface area contributed by atoms with Gasteiger partial charge >= 0.3 is 0 Å². The van der Waals surface area contributed by atoms with E-state index in [1.165, 1.54) is 0 Å². The van der Waals surface area contributed by atoms with Crippen LogP contribution in [-0.2, 0) is 0 Å². The number of pyridine rings is 1. The molecule has 0 aliphatic rings. The maximum atomic E-state index is 13.5. The molecule has 1 rings (SSSR count). The molecule has 0 radical (unpaired) electrons. The van der Waals surface area contributed by atoms with Crippen molar-refractivity contribution in [3.05, 3.63) is 17.7 Å². The van der Waals surface area contributed by atoms with Crippen LogP contribution in [0.15, 0.2) is 6.07 Å². The number of hydrogen-bond donors (Lipinski definition) is 3. The van der Waals surface area contributed by atoms with E-state index < -0.39 is 17.2 Å². The zero-order chi connectivity index (χ0) is 13.1. The minimum Gasteiger partial charge on any atom is -0.394 e. The van der Waals surface area contributed by atoms with Crippen LogP contribution in [0.5, 0.6) is 0 Å². The molecule has 0 atom stereocenters. The Morgan fingerprint density at radius 1 is 1.29 bits per heavy atom. The van der Waals surface area contributed by atoms with Gasteiger partial charge in [0.1, 0.15) is 0 Å². The Morgan fingerprint density at radius 3 is 2.41 bits per heavy atom. The third-order valence-corrected chi connectivity index (χ3v) is 2.13. The van der Waals surface area contributed by atoms with E-state index >= 15 is 0 Å². The summed E-state index contributed by atoms with van der Waals surface area (Å²) >= 11 is 0. The monoisotopic (exact) mass is 245 g/mol. The number of halogens is 2. The molecule has 1 aromatic heterocycles. The van der Waals surface area contributed by atoms with Crippen molar-refractivity contribution in [2.45, 2.75) is 26.3 Å². The number of aliphatic hydroxyl groups excluding tert-OH is 1. The highest BCUT2D eigenvalue weighted by molar-refractivity contribution is 5.48. The Morgan fingerprint density at radius 2 is 1.88 bits per heavy atom. The van der Waals surface area contributed by atoms with Crippen LogP contribution >= 0.6 is 0 Å². The summed E-state index contributed by atoms with van der Waals surface area (Å²) in [5.74, 6) is -1.62. The molecule has 6 heteroatoms. The fourth-order valence-electron chi connectivity index (χ4n) is 1.21. The third kappa shape index (κ3) is 3.52. The van der Waals surface area contributed by atoms with E-state index in [2.05, 4.69) is 15.6 Å². The Hall–Kier alpha value is -1.43. The van der Waals surface area contributed by atoms with Crippen LogP contribution in [-0.4, -0.2) is 28.8 Å². The highest BCUT2D eigenvalue weighted by atomic mass is 19.1. The second-order valence-electron chi connectivity index (χ2n) is 4.35. The lowest BCUT2D eigenvalue weighted by molar-refractivity contribution is 0.233. The van der Waals surface area contributed by atoms with Gasteiger partial charge in [-0.2, -0.15) is 0 Å². The first-order valence-electron chi connectivity index (χ1n) is 5.38. The molecule has 0 aliphatic heterocycles. The van der Waals surface area contributed by atoms with Crippen molar-refractivity contribution in [1.82, 2.24) is 4.98 Å². The SMILES string of the molecule is CCNc1nc(NC(C)(C)CO)c(F)cc1F. The van der Waals surface area contributed by atoms with Gasteiger partial charge in [0.15, 0.2) is 23.3 Å². The van der Waals surface area contributed by atoms with E-state index in [0.717, 1.165) is 6.07 Å². The number of nitrogens with one attached hydrogen (secondary N) is 2. The van der Waals surface area contributed by atoms with Gasteiger partial charge in [0.2, 0.25) is 0 Å². The molecular formula is C11H17F2N3O. The summed E-state index contributed by atoms with van der Waals surface area (Å²) in [7, 11) is 0. The standard InChI is InChI=1S/C11H17F2N3O/c1-4-14-9-7(12)5-8(13)10(15-9)16-11(2,3)6-17/h5,17H,4,6H2,1-3H3,(H2,14,15,16). The summed E-state index contributed by atoms with van der Waals surface area (Å²) in [4.78, 5) is 3.81. The van der Waals surface area contributed by atoms with Gasteiger partial charge in [0.25, 0.3) is 0 Å². The zero-order valence-corrected chi connectivity index (χ0v) is 10.1. The number of aliphatic hydroxyl groups is 1. The number of hydrogen-bond acceptors (Lipinski definition) is 4. The molecule has 1 heterocycles. The molecule has 0 bridgehead atoms. The maximum Gasteiger partial charge on any atom is 0.168 e. The summed E-state index contributed by atoms with van der Waals surface area (Å²) in [5, 5.41) is 14.5. The van der Waals surface area contributed by atoms with Crippen molar-refractivity contribution < 1.29 is 13.9 Å². The Balaban J connectivity index is 3.03. The van der Waals surface area contributed by atoms with Crippen molar-refractivity contribution in [1.29, 1.82) is 0 Å². The fraction of sp³-hybridized carbons (Fsp3) is 0.545. The lowest BCUT2D eigenvalue weighted by Gasteiger charge is -2.24. The molecule has 0 fully saturated rings. The van der Waals surface area contributed by atoms with Crippen LogP contribution in [0.4, 0.5) is 20.4 Å². The molecule has 0 unspecified atom stereocenters. The maximum absolute atomic E-state index is 13.5. The van der Waals surface area contributed by atoms with Gasteiger partial charge in [-0.05, 0) is 20.8 Å². The quantitative estimate of drug-likeness (QED) is 0.742. The van der Waals surface area contributed by atoms with Gasteiger partial charge in [-0.15, -0.1) is 0 Å². The van der Waals surface area contributed by atoms with Gasteiger partial charge in [-0.25, -0.2) is 13.8 Å². The Labute approximate surface area is 99.1 Å². The first-order valence-corrected chi connectivity index (χ1v) is 5.38. The summed E-state index contributed by atoms with van der Waals surface area (Å²) in [6.45, 7) is 5.45. The fourth-order valence-corrected chi connectivity index (χ4v) is 1.21. The zero-order valence-electron chi connectivity index (χ0n) is 10.1. The lowest BCUT2D eigenvalue weighted by Crippen LogP contribution is -2.35.